The van der Waals surface area contributed by atoms with Gasteiger partial charge in [0.2, 0.25) is 0 Å². The molecule has 1 heterocycles. The van der Waals surface area contributed by atoms with E-state index < -0.39 is 11.6 Å². The van der Waals surface area contributed by atoms with E-state index in [4.69, 9.17) is 19.1 Å². The lowest BCUT2D eigenvalue weighted by molar-refractivity contribution is -0.149. The Morgan fingerprint density at radius 3 is 2.60 bits per heavy atom. The minimum atomic E-state index is -0.806. The first kappa shape index (κ1) is 24.3. The number of hydrogen-bond donors (Lipinski definition) is 0. The lowest BCUT2D eigenvalue weighted by Crippen LogP contribution is -2.59. The Hall–Kier alpha value is -2.38. The van der Waals surface area contributed by atoms with Gasteiger partial charge in [-0.25, -0.2) is 4.79 Å². The van der Waals surface area contributed by atoms with Crippen molar-refractivity contribution in [3.63, 3.8) is 0 Å². The SMILES string of the molecule is CO/N=C(\C)C12ON=C(C(=O)OC)C1CC1C3CC=C4CC(OC(C)=O)CC[C@]4(C)C3CC[C@@]12C. The van der Waals surface area contributed by atoms with E-state index >= 15 is 0 Å². The van der Waals surface area contributed by atoms with Crippen molar-refractivity contribution in [1.82, 2.24) is 0 Å². The van der Waals surface area contributed by atoms with E-state index in [1.165, 1.54) is 26.7 Å². The maximum absolute atomic E-state index is 12.7. The second-order valence-corrected chi connectivity index (χ2v) is 11.6. The molecule has 0 amide bonds. The van der Waals surface area contributed by atoms with E-state index in [0.29, 0.717) is 23.5 Å². The summed E-state index contributed by atoms with van der Waals surface area (Å²) in [5.74, 6) is 0.550. The largest absolute Gasteiger partial charge is 0.464 e. The fraction of sp³-hybridized carbons (Fsp3) is 0.778. The van der Waals surface area contributed by atoms with Crippen LogP contribution >= 0.6 is 0 Å². The normalized spacial score (nSPS) is 43.9. The summed E-state index contributed by atoms with van der Waals surface area (Å²) >= 11 is 0. The average Bonchev–Trinajstić information content (AvgIpc) is 3.32. The molecule has 0 radical (unpaired) electrons. The number of carbonyl (C=O) groups excluding carboxylic acids is 2. The van der Waals surface area contributed by atoms with Gasteiger partial charge in [0.25, 0.3) is 0 Å². The van der Waals surface area contributed by atoms with Crippen molar-refractivity contribution in [2.75, 3.05) is 14.2 Å². The summed E-state index contributed by atoms with van der Waals surface area (Å²) in [6.45, 7) is 8.15. The summed E-state index contributed by atoms with van der Waals surface area (Å²) in [5.41, 5.74) is 1.63. The predicted molar refractivity (Wildman–Crippen MR) is 130 cm³/mol. The highest BCUT2D eigenvalue weighted by Gasteiger charge is 2.74. The molecule has 8 heteroatoms. The molecular weight excluding hydrogens is 448 g/mol. The van der Waals surface area contributed by atoms with Crippen LogP contribution in [-0.4, -0.2) is 49.3 Å². The zero-order chi connectivity index (χ0) is 25.2. The Labute approximate surface area is 207 Å². The van der Waals surface area contributed by atoms with E-state index in [0.717, 1.165) is 50.7 Å². The van der Waals surface area contributed by atoms with Gasteiger partial charge in [0, 0.05) is 18.8 Å². The molecule has 8 nitrogen and oxygen atoms in total. The molecule has 0 aromatic rings. The standard InChI is InChI=1S/C27H38N2O6/c1-15(28-33-6)27-22(23(29-35-27)24(31)32-5)14-21-19-8-7-17-13-18(34-16(2)30)9-11-25(17,3)20(19)10-12-26(21,27)4/h7,18-22H,8-14H2,1-6H3/b28-15+/t18?,19?,20?,21?,22?,25-,26-,27?/m0/s1. The van der Waals surface area contributed by atoms with Crippen molar-refractivity contribution < 1.29 is 28.7 Å². The van der Waals surface area contributed by atoms with Gasteiger partial charge in [0.05, 0.1) is 13.0 Å². The zero-order valence-corrected chi connectivity index (χ0v) is 21.8. The molecule has 0 spiro atoms. The van der Waals surface area contributed by atoms with Crippen LogP contribution in [0.2, 0.25) is 0 Å². The van der Waals surface area contributed by atoms with Gasteiger partial charge in [-0.2, -0.15) is 0 Å². The van der Waals surface area contributed by atoms with Gasteiger partial charge in [-0.05, 0) is 68.6 Å². The summed E-state index contributed by atoms with van der Waals surface area (Å²) in [6.07, 6.45) is 9.06. The number of allylic oxidation sites excluding steroid dienone is 1. The molecule has 8 atom stereocenters. The van der Waals surface area contributed by atoms with Crippen molar-refractivity contribution in [3.8, 4) is 0 Å². The highest BCUT2D eigenvalue weighted by Crippen LogP contribution is 2.70. The summed E-state index contributed by atoms with van der Waals surface area (Å²) in [5, 5.41) is 8.59. The molecule has 0 aromatic carbocycles. The summed E-state index contributed by atoms with van der Waals surface area (Å²) < 4.78 is 10.7. The Bertz CT molecular complexity index is 1020. The number of fused-ring (bicyclic) bond motifs is 7. The van der Waals surface area contributed by atoms with Crippen molar-refractivity contribution >= 4 is 23.4 Å². The van der Waals surface area contributed by atoms with E-state index in [1.807, 2.05) is 6.92 Å². The minimum Gasteiger partial charge on any atom is -0.464 e. The lowest BCUT2D eigenvalue weighted by atomic mass is 9.46. The number of esters is 2. The van der Waals surface area contributed by atoms with Crippen LogP contribution in [0.5, 0.6) is 0 Å². The highest BCUT2D eigenvalue weighted by atomic mass is 16.7. The molecule has 192 valence electrons. The van der Waals surface area contributed by atoms with Crippen LogP contribution in [0, 0.1) is 34.5 Å². The molecule has 0 N–H and O–H groups in total. The number of hydrogen-bond acceptors (Lipinski definition) is 8. The van der Waals surface area contributed by atoms with Gasteiger partial charge < -0.3 is 19.1 Å². The first-order chi connectivity index (χ1) is 16.6. The Morgan fingerprint density at radius 2 is 1.91 bits per heavy atom. The van der Waals surface area contributed by atoms with Gasteiger partial charge in [-0.3, -0.25) is 4.79 Å². The number of nitrogens with zero attached hydrogens (tertiary/aromatic N) is 2. The summed E-state index contributed by atoms with van der Waals surface area (Å²) in [7, 11) is 2.93. The first-order valence-electron chi connectivity index (χ1n) is 12.9. The second kappa shape index (κ2) is 8.34. The molecule has 1 aliphatic heterocycles. The maximum Gasteiger partial charge on any atom is 0.356 e. The molecule has 3 fully saturated rings. The molecule has 0 bridgehead atoms. The minimum absolute atomic E-state index is 0.00790. The Balaban J connectivity index is 1.51. The quantitative estimate of drug-likeness (QED) is 0.253. The van der Waals surface area contributed by atoms with Gasteiger partial charge in [-0.1, -0.05) is 35.8 Å². The number of carbonyl (C=O) groups is 2. The van der Waals surface area contributed by atoms with E-state index in [1.54, 1.807) is 0 Å². The fourth-order valence-corrected chi connectivity index (χ4v) is 8.87. The average molecular weight is 487 g/mol. The topological polar surface area (TPSA) is 95.8 Å². The fourth-order valence-electron chi connectivity index (χ4n) is 8.87. The Morgan fingerprint density at radius 1 is 1.14 bits per heavy atom. The van der Waals surface area contributed by atoms with E-state index in [-0.39, 0.29) is 28.8 Å². The highest BCUT2D eigenvalue weighted by molar-refractivity contribution is 6.38. The van der Waals surface area contributed by atoms with Crippen LogP contribution in [0.25, 0.3) is 0 Å². The molecule has 0 saturated heterocycles. The number of rotatable bonds is 4. The molecule has 6 unspecified atom stereocenters. The Kier molecular flexibility index (Phi) is 5.80. The van der Waals surface area contributed by atoms with Crippen LogP contribution in [0.3, 0.4) is 0 Å². The van der Waals surface area contributed by atoms with Crippen LogP contribution < -0.4 is 0 Å². The molecule has 4 aliphatic carbocycles. The van der Waals surface area contributed by atoms with Crippen molar-refractivity contribution in [2.24, 2.45) is 44.8 Å². The van der Waals surface area contributed by atoms with Crippen molar-refractivity contribution in [2.45, 2.75) is 84.3 Å². The van der Waals surface area contributed by atoms with Gasteiger partial charge in [-0.15, -0.1) is 0 Å². The summed E-state index contributed by atoms with van der Waals surface area (Å²) in [4.78, 5) is 35.7. The lowest BCUT2D eigenvalue weighted by Gasteiger charge is -2.58. The van der Waals surface area contributed by atoms with E-state index in [9.17, 15) is 9.59 Å². The third kappa shape index (κ3) is 3.23. The smallest absolute Gasteiger partial charge is 0.356 e. The molecule has 5 aliphatic rings. The molecule has 5 rings (SSSR count). The monoisotopic (exact) mass is 486 g/mol. The second-order valence-electron chi connectivity index (χ2n) is 11.6. The van der Waals surface area contributed by atoms with Crippen molar-refractivity contribution in [1.29, 1.82) is 0 Å². The third-order valence-electron chi connectivity index (χ3n) is 10.4. The maximum atomic E-state index is 12.7. The van der Waals surface area contributed by atoms with Crippen LogP contribution in [-0.2, 0) is 28.7 Å². The third-order valence-corrected chi connectivity index (χ3v) is 10.4. The first-order valence-corrected chi connectivity index (χ1v) is 12.9. The molecule has 35 heavy (non-hydrogen) atoms. The predicted octanol–water partition coefficient (Wildman–Crippen LogP) is 4.43. The van der Waals surface area contributed by atoms with Gasteiger partial charge in [0.1, 0.15) is 18.9 Å². The zero-order valence-electron chi connectivity index (χ0n) is 21.8. The van der Waals surface area contributed by atoms with E-state index in [2.05, 4.69) is 30.2 Å². The molecular formula is C27H38N2O6. The van der Waals surface area contributed by atoms with Crippen molar-refractivity contribution in [3.05, 3.63) is 11.6 Å². The molecule has 0 aromatic heterocycles. The van der Waals surface area contributed by atoms with Crippen LogP contribution in [0.4, 0.5) is 0 Å². The number of oxime groups is 2. The number of methoxy groups -OCH3 is 1. The van der Waals surface area contributed by atoms with Gasteiger partial charge >= 0.3 is 11.9 Å². The van der Waals surface area contributed by atoms with Gasteiger partial charge in [0.15, 0.2) is 11.3 Å². The number of ether oxygens (including phenoxy) is 2. The van der Waals surface area contributed by atoms with Crippen LogP contribution in [0.1, 0.15) is 72.6 Å². The molecule has 3 saturated carbocycles. The van der Waals surface area contributed by atoms with Crippen LogP contribution in [0.15, 0.2) is 22.0 Å². The summed E-state index contributed by atoms with van der Waals surface area (Å²) in [6, 6.07) is 0.